The van der Waals surface area contributed by atoms with Crippen molar-refractivity contribution < 1.29 is 9.90 Å². The van der Waals surface area contributed by atoms with Crippen molar-refractivity contribution in [3.05, 3.63) is 47.0 Å². The Hall–Kier alpha value is -2.12. The van der Waals surface area contributed by atoms with Crippen molar-refractivity contribution in [1.82, 2.24) is 5.32 Å². The summed E-state index contributed by atoms with van der Waals surface area (Å²) in [7, 11) is 0. The molecule has 0 atom stereocenters. The summed E-state index contributed by atoms with van der Waals surface area (Å²) >= 11 is 0. The number of nitriles is 1. The van der Waals surface area contributed by atoms with E-state index in [2.05, 4.69) is 11.4 Å². The fraction of sp³-hybridized carbons (Fsp3) is 0.231. The molecule has 0 aliphatic carbocycles. The zero-order chi connectivity index (χ0) is 12.7. The molecule has 0 spiro atoms. The van der Waals surface area contributed by atoms with Gasteiger partial charge in [-0.2, -0.15) is 5.26 Å². The molecule has 4 heteroatoms. The van der Waals surface area contributed by atoms with Crippen LogP contribution in [0.5, 0.6) is 0 Å². The fourth-order valence-electron chi connectivity index (χ4n) is 1.42. The minimum atomic E-state index is -0.934. The molecule has 0 amide bonds. The summed E-state index contributed by atoms with van der Waals surface area (Å²) in [5.41, 5.74) is 2.39. The second-order valence-electron chi connectivity index (χ2n) is 3.74. The highest BCUT2D eigenvalue weighted by Crippen LogP contribution is 2.03. The number of rotatable bonds is 5. The first-order valence-electron chi connectivity index (χ1n) is 5.21. The van der Waals surface area contributed by atoms with Crippen LogP contribution in [0.3, 0.4) is 0 Å². The van der Waals surface area contributed by atoms with Crippen molar-refractivity contribution >= 4 is 5.97 Å². The standard InChI is InChI=1S/C13H14N2O2/c1-10(5-13(16)17)8-15-9-12-4-2-3-11(6-12)7-14/h2-6,15H,8-9H2,1H3,(H,16,17)/b10-5-. The molecule has 88 valence electrons. The molecule has 17 heavy (non-hydrogen) atoms. The molecule has 0 radical (unpaired) electrons. The van der Waals surface area contributed by atoms with E-state index in [0.29, 0.717) is 18.7 Å². The molecule has 0 saturated heterocycles. The molecular weight excluding hydrogens is 216 g/mol. The first-order chi connectivity index (χ1) is 8.11. The van der Waals surface area contributed by atoms with Gasteiger partial charge in [-0.15, -0.1) is 0 Å². The highest BCUT2D eigenvalue weighted by atomic mass is 16.4. The van der Waals surface area contributed by atoms with Gasteiger partial charge in [0.1, 0.15) is 0 Å². The summed E-state index contributed by atoms with van der Waals surface area (Å²) in [6.45, 7) is 2.89. The van der Waals surface area contributed by atoms with E-state index in [4.69, 9.17) is 10.4 Å². The van der Waals surface area contributed by atoms with E-state index < -0.39 is 5.97 Å². The van der Waals surface area contributed by atoms with E-state index in [9.17, 15) is 4.79 Å². The maximum absolute atomic E-state index is 10.4. The molecule has 0 aliphatic rings. The molecule has 1 aromatic carbocycles. The highest BCUT2D eigenvalue weighted by molar-refractivity contribution is 5.80. The van der Waals surface area contributed by atoms with Gasteiger partial charge in [0.15, 0.2) is 0 Å². The molecule has 0 fully saturated rings. The van der Waals surface area contributed by atoms with Crippen molar-refractivity contribution in [3.63, 3.8) is 0 Å². The number of carbonyl (C=O) groups is 1. The lowest BCUT2D eigenvalue weighted by atomic mass is 10.1. The lowest BCUT2D eigenvalue weighted by molar-refractivity contribution is -0.131. The van der Waals surface area contributed by atoms with E-state index >= 15 is 0 Å². The number of nitrogens with one attached hydrogen (secondary N) is 1. The van der Waals surface area contributed by atoms with E-state index in [1.165, 1.54) is 6.08 Å². The Morgan fingerprint density at radius 3 is 3.00 bits per heavy atom. The van der Waals surface area contributed by atoms with Crippen molar-refractivity contribution in [3.8, 4) is 6.07 Å². The van der Waals surface area contributed by atoms with Gasteiger partial charge < -0.3 is 10.4 Å². The Labute approximate surface area is 100 Å². The van der Waals surface area contributed by atoms with Gasteiger partial charge in [-0.05, 0) is 24.6 Å². The van der Waals surface area contributed by atoms with Crippen molar-refractivity contribution in [2.75, 3.05) is 6.54 Å². The second kappa shape index (κ2) is 6.46. The molecule has 0 bridgehead atoms. The third kappa shape index (κ3) is 4.96. The van der Waals surface area contributed by atoms with Crippen molar-refractivity contribution in [2.24, 2.45) is 0 Å². The Kier molecular flexibility index (Phi) is 4.92. The largest absolute Gasteiger partial charge is 0.478 e. The quantitative estimate of drug-likeness (QED) is 0.755. The Morgan fingerprint density at radius 2 is 2.35 bits per heavy atom. The van der Waals surface area contributed by atoms with Crippen LogP contribution in [0.25, 0.3) is 0 Å². The molecule has 0 aromatic heterocycles. The van der Waals surface area contributed by atoms with Gasteiger partial charge in [-0.25, -0.2) is 4.79 Å². The van der Waals surface area contributed by atoms with E-state index in [-0.39, 0.29) is 0 Å². The zero-order valence-electron chi connectivity index (χ0n) is 9.60. The van der Waals surface area contributed by atoms with Gasteiger partial charge in [-0.3, -0.25) is 0 Å². The molecule has 2 N–H and O–H groups in total. The van der Waals surface area contributed by atoms with E-state index in [1.54, 1.807) is 13.0 Å². The van der Waals surface area contributed by atoms with Crippen LogP contribution in [0.15, 0.2) is 35.9 Å². The van der Waals surface area contributed by atoms with Crippen LogP contribution in [0.4, 0.5) is 0 Å². The van der Waals surface area contributed by atoms with Gasteiger partial charge in [0, 0.05) is 19.2 Å². The topological polar surface area (TPSA) is 73.1 Å². The van der Waals surface area contributed by atoms with Crippen LogP contribution >= 0.6 is 0 Å². The van der Waals surface area contributed by atoms with Crippen molar-refractivity contribution in [1.29, 1.82) is 5.26 Å². The van der Waals surface area contributed by atoms with E-state index in [1.807, 2.05) is 18.2 Å². The number of benzene rings is 1. The van der Waals surface area contributed by atoms with Crippen LogP contribution < -0.4 is 5.32 Å². The third-order valence-corrected chi connectivity index (χ3v) is 2.16. The number of aliphatic carboxylic acids is 1. The molecule has 4 nitrogen and oxygen atoms in total. The average molecular weight is 230 g/mol. The van der Waals surface area contributed by atoms with Gasteiger partial charge in [0.2, 0.25) is 0 Å². The minimum absolute atomic E-state index is 0.517. The van der Waals surface area contributed by atoms with E-state index in [0.717, 1.165) is 11.1 Å². The molecular formula is C13H14N2O2. The first kappa shape index (κ1) is 12.9. The molecule has 0 unspecified atom stereocenters. The van der Waals surface area contributed by atoms with Crippen molar-refractivity contribution in [2.45, 2.75) is 13.5 Å². The molecule has 0 heterocycles. The van der Waals surface area contributed by atoms with Gasteiger partial charge in [0.25, 0.3) is 0 Å². The Balaban J connectivity index is 2.46. The Morgan fingerprint density at radius 1 is 1.59 bits per heavy atom. The predicted molar refractivity (Wildman–Crippen MR) is 64.3 cm³/mol. The monoisotopic (exact) mass is 230 g/mol. The van der Waals surface area contributed by atoms with Gasteiger partial charge >= 0.3 is 5.97 Å². The lowest BCUT2D eigenvalue weighted by Gasteiger charge is -2.05. The molecule has 1 rings (SSSR count). The highest BCUT2D eigenvalue weighted by Gasteiger charge is 1.97. The third-order valence-electron chi connectivity index (χ3n) is 2.16. The average Bonchev–Trinajstić information content (AvgIpc) is 2.28. The second-order valence-corrected chi connectivity index (χ2v) is 3.74. The van der Waals surface area contributed by atoms with Gasteiger partial charge in [-0.1, -0.05) is 17.7 Å². The SMILES string of the molecule is C/C(=C/C(=O)O)CNCc1cccc(C#N)c1. The molecule has 0 saturated carbocycles. The molecule has 1 aromatic rings. The number of carboxylic acid groups (broad SMARTS) is 1. The fourth-order valence-corrected chi connectivity index (χ4v) is 1.42. The minimum Gasteiger partial charge on any atom is -0.478 e. The summed E-state index contributed by atoms with van der Waals surface area (Å²) in [5.74, 6) is -0.934. The van der Waals surface area contributed by atoms with Gasteiger partial charge in [0.05, 0.1) is 11.6 Å². The van der Waals surface area contributed by atoms with Crippen LogP contribution in [0, 0.1) is 11.3 Å². The first-order valence-corrected chi connectivity index (χ1v) is 5.21. The number of hydrogen-bond acceptors (Lipinski definition) is 3. The smallest absolute Gasteiger partial charge is 0.328 e. The van der Waals surface area contributed by atoms with Crippen LogP contribution in [0.1, 0.15) is 18.1 Å². The molecule has 0 aliphatic heterocycles. The predicted octanol–water partition coefficient (Wildman–Crippen LogP) is 1.68. The summed E-state index contributed by atoms with van der Waals surface area (Å²) in [6, 6.07) is 9.38. The number of carboxylic acids is 1. The zero-order valence-corrected chi connectivity index (χ0v) is 9.60. The number of nitrogens with zero attached hydrogens (tertiary/aromatic N) is 1. The number of hydrogen-bond donors (Lipinski definition) is 2. The maximum Gasteiger partial charge on any atom is 0.328 e. The van der Waals surface area contributed by atoms with Crippen LogP contribution in [0.2, 0.25) is 0 Å². The van der Waals surface area contributed by atoms with Crippen LogP contribution in [-0.2, 0) is 11.3 Å². The summed E-state index contributed by atoms with van der Waals surface area (Å²) in [6.07, 6.45) is 1.18. The summed E-state index contributed by atoms with van der Waals surface area (Å²) in [5, 5.41) is 20.4. The Bertz CT molecular complexity index is 473. The summed E-state index contributed by atoms with van der Waals surface area (Å²) < 4.78 is 0. The van der Waals surface area contributed by atoms with Crippen LogP contribution in [-0.4, -0.2) is 17.6 Å². The lowest BCUT2D eigenvalue weighted by Crippen LogP contribution is -2.16. The normalized spacial score (nSPS) is 10.9. The summed E-state index contributed by atoms with van der Waals surface area (Å²) in [4.78, 5) is 10.4. The maximum atomic E-state index is 10.4.